The van der Waals surface area contributed by atoms with Crippen molar-refractivity contribution in [3.63, 3.8) is 0 Å². The number of halogens is 1. The van der Waals surface area contributed by atoms with Gasteiger partial charge in [-0.3, -0.25) is 4.79 Å². The second kappa shape index (κ2) is 11.7. The van der Waals surface area contributed by atoms with Crippen LogP contribution in [0.5, 0.6) is 11.5 Å². The first kappa shape index (κ1) is 23.9. The maximum atomic E-state index is 12.3. The molecule has 3 aromatic rings. The summed E-state index contributed by atoms with van der Waals surface area (Å²) in [6.45, 7) is 2.39. The zero-order chi connectivity index (χ0) is 23.6. The normalized spacial score (nSPS) is 10.6. The Labute approximate surface area is 197 Å². The van der Waals surface area contributed by atoms with E-state index in [1.165, 1.54) is 6.08 Å². The number of carbonyl (C=O) groups is 2. The molecule has 7 heteroatoms. The Morgan fingerprint density at radius 1 is 1.00 bits per heavy atom. The molecule has 0 saturated carbocycles. The Hall–Kier alpha value is -3.77. The molecule has 0 atom stereocenters. The highest BCUT2D eigenvalue weighted by Gasteiger charge is 2.08. The molecule has 3 aromatic carbocycles. The number of carbonyl (C=O) groups excluding carboxylic acids is 2. The highest BCUT2D eigenvalue weighted by atomic mass is 35.5. The van der Waals surface area contributed by atoms with E-state index in [-0.39, 0.29) is 12.5 Å². The highest BCUT2D eigenvalue weighted by molar-refractivity contribution is 6.30. The van der Waals surface area contributed by atoms with Crippen molar-refractivity contribution in [3.05, 3.63) is 94.5 Å². The Bertz CT molecular complexity index is 1140. The molecule has 0 spiro atoms. The van der Waals surface area contributed by atoms with E-state index in [4.69, 9.17) is 25.8 Å². The van der Waals surface area contributed by atoms with Crippen LogP contribution >= 0.6 is 11.6 Å². The number of ether oxygens (including phenoxy) is 3. The molecule has 0 radical (unpaired) electrons. The predicted octanol–water partition coefficient (Wildman–Crippen LogP) is 5.76. The van der Waals surface area contributed by atoms with Gasteiger partial charge in [0.1, 0.15) is 6.61 Å². The van der Waals surface area contributed by atoms with Gasteiger partial charge in [-0.05, 0) is 66.6 Å². The number of amides is 1. The van der Waals surface area contributed by atoms with Crippen LogP contribution < -0.4 is 14.8 Å². The Kier molecular flexibility index (Phi) is 8.49. The number of methoxy groups -OCH3 is 1. The van der Waals surface area contributed by atoms with Gasteiger partial charge in [-0.1, -0.05) is 35.9 Å². The van der Waals surface area contributed by atoms with E-state index in [1.54, 1.807) is 56.5 Å². The van der Waals surface area contributed by atoms with E-state index in [2.05, 4.69) is 5.32 Å². The fourth-order valence-electron chi connectivity index (χ4n) is 2.94. The van der Waals surface area contributed by atoms with Gasteiger partial charge in [-0.15, -0.1) is 0 Å². The predicted molar refractivity (Wildman–Crippen MR) is 129 cm³/mol. The van der Waals surface area contributed by atoms with E-state index in [0.29, 0.717) is 34.4 Å². The van der Waals surface area contributed by atoms with Crippen LogP contribution in [0.2, 0.25) is 5.02 Å². The van der Waals surface area contributed by atoms with Crippen LogP contribution in [0.1, 0.15) is 28.4 Å². The first-order chi connectivity index (χ1) is 16.0. The molecular weight excluding hydrogens is 442 g/mol. The van der Waals surface area contributed by atoms with Gasteiger partial charge in [0.25, 0.3) is 0 Å². The van der Waals surface area contributed by atoms with Crippen LogP contribution in [0.3, 0.4) is 0 Å². The molecule has 0 aliphatic carbocycles. The number of esters is 1. The molecule has 0 saturated heterocycles. The van der Waals surface area contributed by atoms with Crippen molar-refractivity contribution < 1.29 is 23.8 Å². The topological polar surface area (TPSA) is 73.9 Å². The first-order valence-corrected chi connectivity index (χ1v) is 10.7. The maximum absolute atomic E-state index is 12.3. The molecule has 1 amide bonds. The largest absolute Gasteiger partial charge is 0.493 e. The van der Waals surface area contributed by atoms with E-state index < -0.39 is 5.97 Å². The average Bonchev–Trinajstić information content (AvgIpc) is 2.83. The molecular formula is C26H24ClNO5. The molecule has 33 heavy (non-hydrogen) atoms. The average molecular weight is 466 g/mol. The maximum Gasteiger partial charge on any atom is 0.338 e. The summed E-state index contributed by atoms with van der Waals surface area (Å²) in [6, 6.07) is 19.4. The van der Waals surface area contributed by atoms with E-state index in [0.717, 1.165) is 11.1 Å². The van der Waals surface area contributed by atoms with Gasteiger partial charge >= 0.3 is 5.97 Å². The first-order valence-electron chi connectivity index (χ1n) is 10.3. The lowest BCUT2D eigenvalue weighted by molar-refractivity contribution is -0.111. The van der Waals surface area contributed by atoms with Gasteiger partial charge in [0.15, 0.2) is 11.5 Å². The summed E-state index contributed by atoms with van der Waals surface area (Å²) in [5.41, 5.74) is 2.62. The van der Waals surface area contributed by atoms with Crippen molar-refractivity contribution in [2.24, 2.45) is 0 Å². The van der Waals surface area contributed by atoms with Gasteiger partial charge in [0, 0.05) is 16.8 Å². The van der Waals surface area contributed by atoms with Crippen LogP contribution in [-0.2, 0) is 16.1 Å². The second-order valence-electron chi connectivity index (χ2n) is 6.95. The summed E-state index contributed by atoms with van der Waals surface area (Å²) in [5, 5.41) is 3.40. The van der Waals surface area contributed by atoms with Crippen LogP contribution in [0.15, 0.2) is 72.8 Å². The molecule has 0 heterocycles. The zero-order valence-corrected chi connectivity index (χ0v) is 19.1. The molecule has 0 unspecified atom stereocenters. The third-order valence-electron chi connectivity index (χ3n) is 4.56. The molecule has 0 aliphatic heterocycles. The molecule has 0 aliphatic rings. The Morgan fingerprint density at radius 3 is 2.52 bits per heavy atom. The third-order valence-corrected chi connectivity index (χ3v) is 4.82. The molecule has 6 nitrogen and oxygen atoms in total. The SMILES string of the molecule is CCOC(=O)c1cccc(NC(=O)C=Cc2ccc(OCc3ccc(Cl)cc3)c(OC)c2)c1. The van der Waals surface area contributed by atoms with E-state index in [9.17, 15) is 9.59 Å². The third kappa shape index (κ3) is 7.12. The zero-order valence-electron chi connectivity index (χ0n) is 18.3. The van der Waals surface area contributed by atoms with E-state index in [1.807, 2.05) is 30.3 Å². The van der Waals surface area contributed by atoms with Gasteiger partial charge < -0.3 is 19.5 Å². The molecule has 1 N–H and O–H groups in total. The molecule has 0 bridgehead atoms. The highest BCUT2D eigenvalue weighted by Crippen LogP contribution is 2.29. The summed E-state index contributed by atoms with van der Waals surface area (Å²) in [7, 11) is 1.56. The summed E-state index contributed by atoms with van der Waals surface area (Å²) in [5.74, 6) is 0.367. The second-order valence-corrected chi connectivity index (χ2v) is 7.39. The smallest absolute Gasteiger partial charge is 0.338 e. The van der Waals surface area contributed by atoms with Gasteiger partial charge in [0.2, 0.25) is 5.91 Å². The number of anilines is 1. The molecule has 0 fully saturated rings. The van der Waals surface area contributed by atoms with Crippen LogP contribution in [0.25, 0.3) is 6.08 Å². The van der Waals surface area contributed by atoms with Crippen molar-refractivity contribution in [1.82, 2.24) is 0 Å². The number of hydrogen-bond donors (Lipinski definition) is 1. The molecule has 0 aromatic heterocycles. The van der Waals surface area contributed by atoms with E-state index >= 15 is 0 Å². The Balaban J connectivity index is 1.62. The van der Waals surface area contributed by atoms with Crippen LogP contribution in [0, 0.1) is 0 Å². The summed E-state index contributed by atoms with van der Waals surface area (Å²) in [6.07, 6.45) is 3.07. The number of benzene rings is 3. The van der Waals surface area contributed by atoms with Crippen LogP contribution in [0.4, 0.5) is 5.69 Å². The minimum Gasteiger partial charge on any atom is -0.493 e. The monoisotopic (exact) mass is 465 g/mol. The number of nitrogens with one attached hydrogen (secondary N) is 1. The minimum absolute atomic E-state index is 0.284. The van der Waals surface area contributed by atoms with Gasteiger partial charge in [-0.25, -0.2) is 4.79 Å². The lowest BCUT2D eigenvalue weighted by Crippen LogP contribution is -2.09. The lowest BCUT2D eigenvalue weighted by atomic mass is 10.1. The number of rotatable bonds is 9. The lowest BCUT2D eigenvalue weighted by Gasteiger charge is -2.11. The van der Waals surface area contributed by atoms with Crippen molar-refractivity contribution in [3.8, 4) is 11.5 Å². The van der Waals surface area contributed by atoms with Crippen molar-refractivity contribution >= 4 is 35.2 Å². The Morgan fingerprint density at radius 2 is 1.79 bits per heavy atom. The van der Waals surface area contributed by atoms with Gasteiger partial charge in [0.05, 0.1) is 19.3 Å². The summed E-state index contributed by atoms with van der Waals surface area (Å²) < 4.78 is 16.3. The standard InChI is InChI=1S/C26H24ClNO5/c1-3-32-26(30)20-5-4-6-22(16-20)28-25(29)14-10-18-9-13-23(24(15-18)31-2)33-17-19-7-11-21(27)12-8-19/h4-16H,3,17H2,1-2H3,(H,28,29). The molecule has 3 rings (SSSR count). The van der Waals surface area contributed by atoms with Gasteiger partial charge in [-0.2, -0.15) is 0 Å². The van der Waals surface area contributed by atoms with Crippen molar-refractivity contribution in [2.45, 2.75) is 13.5 Å². The van der Waals surface area contributed by atoms with Crippen molar-refractivity contribution in [1.29, 1.82) is 0 Å². The quantitative estimate of drug-likeness (QED) is 0.321. The minimum atomic E-state index is -0.436. The molecule has 170 valence electrons. The fraction of sp³-hybridized carbons (Fsp3) is 0.154. The van der Waals surface area contributed by atoms with Crippen LogP contribution in [-0.4, -0.2) is 25.6 Å². The summed E-state index contributed by atoms with van der Waals surface area (Å²) >= 11 is 5.91. The van der Waals surface area contributed by atoms with Crippen molar-refractivity contribution in [2.75, 3.05) is 19.0 Å². The number of hydrogen-bond acceptors (Lipinski definition) is 5. The fourth-order valence-corrected chi connectivity index (χ4v) is 3.07. The summed E-state index contributed by atoms with van der Waals surface area (Å²) in [4.78, 5) is 24.2.